The summed E-state index contributed by atoms with van der Waals surface area (Å²) in [5.74, 6) is 1.59. The molecule has 0 aliphatic heterocycles. The second-order valence-electron chi connectivity index (χ2n) is 5.83. The van der Waals surface area contributed by atoms with Crippen LogP contribution < -0.4 is 5.32 Å². The highest BCUT2D eigenvalue weighted by Crippen LogP contribution is 2.27. The van der Waals surface area contributed by atoms with Gasteiger partial charge in [0.05, 0.1) is 0 Å². The molecule has 0 radical (unpaired) electrons. The Morgan fingerprint density at radius 2 is 1.94 bits per heavy atom. The lowest BCUT2D eigenvalue weighted by Gasteiger charge is -2.26. The summed E-state index contributed by atoms with van der Waals surface area (Å²) < 4.78 is 13.1. The molecule has 0 heterocycles. The molecule has 100 valence electrons. The Morgan fingerprint density at radius 1 is 1.22 bits per heavy atom. The van der Waals surface area contributed by atoms with Crippen molar-refractivity contribution in [3.05, 3.63) is 35.1 Å². The van der Waals surface area contributed by atoms with Gasteiger partial charge in [-0.2, -0.15) is 0 Å². The van der Waals surface area contributed by atoms with Crippen LogP contribution >= 0.6 is 0 Å². The summed E-state index contributed by atoms with van der Waals surface area (Å²) in [7, 11) is 0. The Hall–Kier alpha value is -0.890. The Labute approximate surface area is 110 Å². The van der Waals surface area contributed by atoms with Crippen LogP contribution in [0.15, 0.2) is 18.2 Å². The SMILES string of the molecule is Cc1ccc(F)cc1CNCC1CCC(C)CC1. The molecule has 1 aromatic rings. The first-order valence-electron chi connectivity index (χ1n) is 7.11. The first-order chi connectivity index (χ1) is 8.65. The van der Waals surface area contributed by atoms with Crippen LogP contribution in [0.1, 0.15) is 43.7 Å². The molecule has 0 atom stereocenters. The van der Waals surface area contributed by atoms with Crippen molar-refractivity contribution in [3.8, 4) is 0 Å². The van der Waals surface area contributed by atoms with E-state index < -0.39 is 0 Å². The van der Waals surface area contributed by atoms with Gasteiger partial charge in [-0.3, -0.25) is 0 Å². The predicted molar refractivity (Wildman–Crippen MR) is 74.0 cm³/mol. The monoisotopic (exact) mass is 249 g/mol. The minimum Gasteiger partial charge on any atom is -0.312 e. The maximum Gasteiger partial charge on any atom is 0.123 e. The molecule has 1 aromatic carbocycles. The highest BCUT2D eigenvalue weighted by molar-refractivity contribution is 5.26. The van der Waals surface area contributed by atoms with Gasteiger partial charge >= 0.3 is 0 Å². The van der Waals surface area contributed by atoms with Crippen LogP contribution in [0, 0.1) is 24.6 Å². The molecule has 2 rings (SSSR count). The van der Waals surface area contributed by atoms with Crippen LogP contribution in [0.4, 0.5) is 4.39 Å². The molecule has 1 aliphatic carbocycles. The van der Waals surface area contributed by atoms with Gasteiger partial charge in [-0.05, 0) is 61.4 Å². The van der Waals surface area contributed by atoms with Crippen molar-refractivity contribution in [3.63, 3.8) is 0 Å². The largest absolute Gasteiger partial charge is 0.312 e. The highest BCUT2D eigenvalue weighted by Gasteiger charge is 2.17. The van der Waals surface area contributed by atoms with Gasteiger partial charge in [0, 0.05) is 6.54 Å². The number of hydrogen-bond donors (Lipinski definition) is 1. The number of hydrogen-bond acceptors (Lipinski definition) is 1. The first-order valence-corrected chi connectivity index (χ1v) is 7.11. The fourth-order valence-electron chi connectivity index (χ4n) is 2.77. The fourth-order valence-corrected chi connectivity index (χ4v) is 2.77. The van der Waals surface area contributed by atoms with E-state index in [9.17, 15) is 4.39 Å². The van der Waals surface area contributed by atoms with E-state index in [0.29, 0.717) is 0 Å². The normalized spacial score (nSPS) is 24.2. The van der Waals surface area contributed by atoms with Crippen LogP contribution in [0.3, 0.4) is 0 Å². The van der Waals surface area contributed by atoms with Crippen molar-refractivity contribution < 1.29 is 4.39 Å². The van der Waals surface area contributed by atoms with Crippen molar-refractivity contribution in [2.75, 3.05) is 6.54 Å². The molecule has 1 aliphatic rings. The van der Waals surface area contributed by atoms with Crippen LogP contribution in [0.2, 0.25) is 0 Å². The van der Waals surface area contributed by atoms with Crippen molar-refractivity contribution in [2.24, 2.45) is 11.8 Å². The van der Waals surface area contributed by atoms with E-state index in [1.54, 1.807) is 6.07 Å². The smallest absolute Gasteiger partial charge is 0.123 e. The lowest BCUT2D eigenvalue weighted by Crippen LogP contribution is -2.26. The third-order valence-electron chi connectivity index (χ3n) is 4.20. The molecule has 0 bridgehead atoms. The molecule has 0 spiro atoms. The van der Waals surface area contributed by atoms with Crippen molar-refractivity contribution in [2.45, 2.75) is 46.1 Å². The second kappa shape index (κ2) is 6.33. The molecule has 0 saturated heterocycles. The van der Waals surface area contributed by atoms with Crippen LogP contribution in [0.25, 0.3) is 0 Å². The van der Waals surface area contributed by atoms with Crippen molar-refractivity contribution in [1.29, 1.82) is 0 Å². The van der Waals surface area contributed by atoms with Gasteiger partial charge in [0.15, 0.2) is 0 Å². The zero-order valence-electron chi connectivity index (χ0n) is 11.5. The summed E-state index contributed by atoms with van der Waals surface area (Å²) in [6.07, 6.45) is 5.42. The van der Waals surface area contributed by atoms with Crippen LogP contribution in [-0.4, -0.2) is 6.54 Å². The molecule has 0 unspecified atom stereocenters. The van der Waals surface area contributed by atoms with E-state index in [1.165, 1.54) is 37.3 Å². The van der Waals surface area contributed by atoms with Crippen LogP contribution in [0.5, 0.6) is 0 Å². The maximum atomic E-state index is 13.1. The minimum absolute atomic E-state index is 0.135. The second-order valence-corrected chi connectivity index (χ2v) is 5.83. The summed E-state index contributed by atoms with van der Waals surface area (Å²) in [6, 6.07) is 5.03. The number of benzene rings is 1. The summed E-state index contributed by atoms with van der Waals surface area (Å²) in [4.78, 5) is 0. The van der Waals surface area contributed by atoms with Gasteiger partial charge < -0.3 is 5.32 Å². The lowest BCUT2D eigenvalue weighted by atomic mass is 9.83. The van der Waals surface area contributed by atoms with E-state index in [-0.39, 0.29) is 5.82 Å². The van der Waals surface area contributed by atoms with Gasteiger partial charge in [-0.15, -0.1) is 0 Å². The standard InChI is InChI=1S/C16H24FN/c1-12-3-6-14(7-4-12)10-18-11-15-9-16(17)8-5-13(15)2/h5,8-9,12,14,18H,3-4,6-7,10-11H2,1-2H3. The number of rotatable bonds is 4. The molecule has 2 heteroatoms. The van der Waals surface area contributed by atoms with Gasteiger partial charge in [0.2, 0.25) is 0 Å². The molecular weight excluding hydrogens is 225 g/mol. The zero-order chi connectivity index (χ0) is 13.0. The molecule has 1 fully saturated rings. The molecule has 0 aromatic heterocycles. The Balaban J connectivity index is 1.76. The van der Waals surface area contributed by atoms with E-state index in [0.717, 1.165) is 30.5 Å². The quantitative estimate of drug-likeness (QED) is 0.849. The van der Waals surface area contributed by atoms with E-state index in [4.69, 9.17) is 0 Å². The summed E-state index contributed by atoms with van der Waals surface area (Å²) in [5, 5.41) is 3.49. The average molecular weight is 249 g/mol. The van der Waals surface area contributed by atoms with E-state index >= 15 is 0 Å². The molecule has 18 heavy (non-hydrogen) atoms. The van der Waals surface area contributed by atoms with Gasteiger partial charge in [0.25, 0.3) is 0 Å². The number of aryl methyl sites for hydroxylation is 1. The number of nitrogens with one attached hydrogen (secondary N) is 1. The maximum absolute atomic E-state index is 13.1. The Kier molecular flexibility index (Phi) is 4.76. The van der Waals surface area contributed by atoms with Gasteiger partial charge in [-0.25, -0.2) is 4.39 Å². The third-order valence-corrected chi connectivity index (χ3v) is 4.20. The highest BCUT2D eigenvalue weighted by atomic mass is 19.1. The molecule has 1 nitrogen and oxygen atoms in total. The Bertz CT molecular complexity index is 381. The summed E-state index contributed by atoms with van der Waals surface area (Å²) in [6.45, 7) is 6.25. The average Bonchev–Trinajstić information content (AvgIpc) is 2.36. The molecule has 1 N–H and O–H groups in total. The minimum atomic E-state index is -0.135. The molecule has 0 amide bonds. The molecular formula is C16H24FN. The topological polar surface area (TPSA) is 12.0 Å². The van der Waals surface area contributed by atoms with Crippen LogP contribution in [-0.2, 0) is 6.54 Å². The van der Waals surface area contributed by atoms with Gasteiger partial charge in [0.1, 0.15) is 5.82 Å². The number of halogens is 1. The van der Waals surface area contributed by atoms with Crippen molar-refractivity contribution in [1.82, 2.24) is 5.32 Å². The first kappa shape index (κ1) is 13.5. The van der Waals surface area contributed by atoms with Gasteiger partial charge in [-0.1, -0.05) is 25.8 Å². The third kappa shape index (κ3) is 3.81. The molecule has 1 saturated carbocycles. The summed E-state index contributed by atoms with van der Waals surface area (Å²) >= 11 is 0. The lowest BCUT2D eigenvalue weighted by molar-refractivity contribution is 0.281. The fraction of sp³-hybridized carbons (Fsp3) is 0.625. The summed E-state index contributed by atoms with van der Waals surface area (Å²) in [5.41, 5.74) is 2.25. The van der Waals surface area contributed by atoms with E-state index in [1.807, 2.05) is 13.0 Å². The van der Waals surface area contributed by atoms with E-state index in [2.05, 4.69) is 12.2 Å². The Morgan fingerprint density at radius 3 is 2.67 bits per heavy atom. The zero-order valence-corrected chi connectivity index (χ0v) is 11.5. The predicted octanol–water partition coefficient (Wildman–Crippen LogP) is 4.05. The van der Waals surface area contributed by atoms with Crippen molar-refractivity contribution >= 4 is 0 Å².